The number of rotatable bonds is 4. The molecule has 0 atom stereocenters. The van der Waals surface area contributed by atoms with Gasteiger partial charge in [0.2, 0.25) is 0 Å². The molecule has 28 heavy (non-hydrogen) atoms. The fourth-order valence-corrected chi connectivity index (χ4v) is 2.68. The van der Waals surface area contributed by atoms with Crippen molar-refractivity contribution in [3.05, 3.63) is 71.7 Å². The predicted molar refractivity (Wildman–Crippen MR) is 112 cm³/mol. The summed E-state index contributed by atoms with van der Waals surface area (Å²) >= 11 is 0. The lowest BCUT2D eigenvalue weighted by Crippen LogP contribution is -2.38. The average molecular weight is 381 g/mol. The van der Waals surface area contributed by atoms with E-state index in [1.807, 2.05) is 31.3 Å². The van der Waals surface area contributed by atoms with Gasteiger partial charge in [0, 0.05) is 29.7 Å². The van der Waals surface area contributed by atoms with Gasteiger partial charge in [-0.3, -0.25) is 15.6 Å². The Morgan fingerprint density at radius 2 is 2.11 bits per heavy atom. The maximum absolute atomic E-state index is 11.9. The number of fused-ring (bicyclic) bond motifs is 1. The molecule has 7 heteroatoms. The quantitative estimate of drug-likeness (QED) is 0.427. The minimum atomic E-state index is -0.106. The van der Waals surface area contributed by atoms with Crippen molar-refractivity contribution >= 4 is 17.3 Å². The van der Waals surface area contributed by atoms with E-state index in [9.17, 15) is 4.79 Å². The SMILES string of the molecule is C=CCN1C(=O)COc2ccc(/C(N)=C(\C)NN)cc21.Cc1ccnc(C)c1. The number of aryl methyl sites for hydroxylation is 2. The molecule has 5 N–H and O–H groups in total. The number of ether oxygens (including phenoxy) is 1. The number of benzene rings is 1. The molecule has 1 aliphatic heterocycles. The molecule has 1 aromatic heterocycles. The largest absolute Gasteiger partial charge is 0.482 e. The number of anilines is 1. The summed E-state index contributed by atoms with van der Waals surface area (Å²) < 4.78 is 5.41. The lowest BCUT2D eigenvalue weighted by atomic mass is 10.1. The summed E-state index contributed by atoms with van der Waals surface area (Å²) in [4.78, 5) is 17.6. The highest BCUT2D eigenvalue weighted by Crippen LogP contribution is 2.34. The maximum atomic E-state index is 11.9. The zero-order valence-corrected chi connectivity index (χ0v) is 16.5. The second-order valence-corrected chi connectivity index (χ2v) is 6.42. The van der Waals surface area contributed by atoms with Crippen molar-refractivity contribution < 1.29 is 9.53 Å². The third kappa shape index (κ3) is 5.11. The van der Waals surface area contributed by atoms with Crippen LogP contribution in [0.3, 0.4) is 0 Å². The Bertz CT molecular complexity index is 875. The van der Waals surface area contributed by atoms with Gasteiger partial charge in [-0.1, -0.05) is 6.08 Å². The molecule has 0 aliphatic carbocycles. The summed E-state index contributed by atoms with van der Waals surface area (Å²) in [6, 6.07) is 9.49. The molecule has 0 fully saturated rings. The number of carbonyl (C=O) groups excluding carboxylic acids is 1. The molecule has 2 aromatic rings. The monoisotopic (exact) mass is 381 g/mol. The fraction of sp³-hybridized carbons (Fsp3) is 0.238. The first kappa shape index (κ1) is 21.0. The topological polar surface area (TPSA) is 106 Å². The molecule has 0 saturated carbocycles. The van der Waals surface area contributed by atoms with Gasteiger partial charge in [-0.25, -0.2) is 0 Å². The summed E-state index contributed by atoms with van der Waals surface area (Å²) in [5, 5.41) is 0. The molecule has 0 spiro atoms. The number of hydrogen-bond donors (Lipinski definition) is 3. The van der Waals surface area contributed by atoms with E-state index in [0.717, 1.165) is 11.3 Å². The summed E-state index contributed by atoms with van der Waals surface area (Å²) in [5.74, 6) is 5.90. The van der Waals surface area contributed by atoms with Crippen LogP contribution in [-0.4, -0.2) is 24.0 Å². The number of hydrogen-bond acceptors (Lipinski definition) is 6. The molecule has 0 bridgehead atoms. The van der Waals surface area contributed by atoms with E-state index in [4.69, 9.17) is 16.3 Å². The highest BCUT2D eigenvalue weighted by Gasteiger charge is 2.25. The van der Waals surface area contributed by atoms with Crippen LogP contribution in [-0.2, 0) is 4.79 Å². The normalized spacial score (nSPS) is 13.4. The van der Waals surface area contributed by atoms with Crippen molar-refractivity contribution in [3.8, 4) is 5.75 Å². The fourth-order valence-electron chi connectivity index (χ4n) is 2.68. The second-order valence-electron chi connectivity index (χ2n) is 6.42. The van der Waals surface area contributed by atoms with Gasteiger partial charge < -0.3 is 20.8 Å². The highest BCUT2D eigenvalue weighted by molar-refractivity contribution is 5.98. The first-order valence-corrected chi connectivity index (χ1v) is 8.88. The minimum absolute atomic E-state index is 0.0366. The van der Waals surface area contributed by atoms with E-state index in [1.54, 1.807) is 24.0 Å². The molecule has 7 nitrogen and oxygen atoms in total. The zero-order chi connectivity index (χ0) is 20.7. The Morgan fingerprint density at radius 1 is 1.36 bits per heavy atom. The Morgan fingerprint density at radius 3 is 2.68 bits per heavy atom. The molecule has 1 aromatic carbocycles. The maximum Gasteiger partial charge on any atom is 0.265 e. The van der Waals surface area contributed by atoms with Crippen LogP contribution in [0.2, 0.25) is 0 Å². The van der Waals surface area contributed by atoms with Crippen LogP contribution in [0.4, 0.5) is 5.69 Å². The van der Waals surface area contributed by atoms with Crippen molar-refractivity contribution in [1.82, 2.24) is 10.4 Å². The number of carbonyl (C=O) groups is 1. The summed E-state index contributed by atoms with van der Waals surface area (Å²) in [7, 11) is 0. The molecule has 1 aliphatic rings. The van der Waals surface area contributed by atoms with Crippen molar-refractivity contribution in [1.29, 1.82) is 0 Å². The van der Waals surface area contributed by atoms with Crippen LogP contribution < -0.4 is 26.6 Å². The number of amides is 1. The van der Waals surface area contributed by atoms with Gasteiger partial charge >= 0.3 is 0 Å². The second kappa shape index (κ2) is 9.57. The van der Waals surface area contributed by atoms with Crippen LogP contribution in [0, 0.1) is 13.8 Å². The van der Waals surface area contributed by atoms with Gasteiger partial charge in [-0.2, -0.15) is 0 Å². The molecule has 2 heterocycles. The summed E-state index contributed by atoms with van der Waals surface area (Å²) in [6.45, 7) is 9.96. The lowest BCUT2D eigenvalue weighted by molar-refractivity contribution is -0.121. The van der Waals surface area contributed by atoms with Crippen molar-refractivity contribution in [2.45, 2.75) is 20.8 Å². The van der Waals surface area contributed by atoms with E-state index in [1.165, 1.54) is 5.56 Å². The number of nitrogens with two attached hydrogens (primary N) is 2. The lowest BCUT2D eigenvalue weighted by Gasteiger charge is -2.29. The Kier molecular flexibility index (Phi) is 7.17. The van der Waals surface area contributed by atoms with Crippen molar-refractivity contribution in [2.24, 2.45) is 11.6 Å². The van der Waals surface area contributed by atoms with Crippen molar-refractivity contribution in [2.75, 3.05) is 18.1 Å². The Hall–Kier alpha value is -3.32. The number of hydrazine groups is 1. The van der Waals surface area contributed by atoms with E-state index in [0.29, 0.717) is 29.4 Å². The standard InChI is InChI=1S/C14H18N4O2.C7H9N/c1-3-6-18-11-7-10(14(15)9(2)17-16)4-5-12(11)20-8-13(18)19;1-6-3-4-8-7(2)5-6/h3-5,7,17H,1,6,8,15-16H2,2H3;3-5H,1-2H3/b14-9-;. The Labute approximate surface area is 165 Å². The van der Waals surface area contributed by atoms with E-state index < -0.39 is 0 Å². The number of nitrogens with zero attached hydrogens (tertiary/aromatic N) is 2. The van der Waals surface area contributed by atoms with Gasteiger partial charge in [0.1, 0.15) is 5.75 Å². The third-order valence-corrected chi connectivity index (χ3v) is 4.20. The Balaban J connectivity index is 0.000000292. The van der Waals surface area contributed by atoms with Gasteiger partial charge in [0.15, 0.2) is 6.61 Å². The number of pyridine rings is 1. The first-order valence-electron chi connectivity index (χ1n) is 8.88. The van der Waals surface area contributed by atoms with Crippen molar-refractivity contribution in [3.63, 3.8) is 0 Å². The molecule has 3 rings (SSSR count). The van der Waals surface area contributed by atoms with Gasteiger partial charge in [-0.05, 0) is 56.7 Å². The molecule has 1 amide bonds. The van der Waals surface area contributed by atoms with Gasteiger partial charge in [-0.15, -0.1) is 6.58 Å². The molecule has 148 valence electrons. The van der Waals surface area contributed by atoms with Gasteiger partial charge in [0.25, 0.3) is 5.91 Å². The summed E-state index contributed by atoms with van der Waals surface area (Å²) in [6.07, 6.45) is 3.50. The summed E-state index contributed by atoms with van der Waals surface area (Å²) in [5.41, 5.74) is 13.5. The van der Waals surface area contributed by atoms with Crippen LogP contribution in [0.5, 0.6) is 5.75 Å². The molecular weight excluding hydrogens is 354 g/mol. The third-order valence-electron chi connectivity index (χ3n) is 4.20. The van der Waals surface area contributed by atoms with Crippen LogP contribution in [0.25, 0.3) is 5.70 Å². The predicted octanol–water partition coefficient (Wildman–Crippen LogP) is 2.41. The number of nitrogens with one attached hydrogen (secondary N) is 1. The van der Waals surface area contributed by atoms with Gasteiger partial charge in [0.05, 0.1) is 11.4 Å². The minimum Gasteiger partial charge on any atom is -0.482 e. The van der Waals surface area contributed by atoms with Crippen LogP contribution >= 0.6 is 0 Å². The first-order chi connectivity index (χ1) is 13.4. The van der Waals surface area contributed by atoms with Crippen LogP contribution in [0.15, 0.2) is 54.9 Å². The number of allylic oxidation sites excluding steroid dienone is 1. The average Bonchev–Trinajstić information content (AvgIpc) is 2.69. The smallest absolute Gasteiger partial charge is 0.265 e. The molecular formula is C21H27N5O2. The van der Waals surface area contributed by atoms with E-state index in [-0.39, 0.29) is 12.5 Å². The number of aromatic nitrogens is 1. The van der Waals surface area contributed by atoms with Crippen LogP contribution in [0.1, 0.15) is 23.7 Å². The van der Waals surface area contributed by atoms with E-state index in [2.05, 4.69) is 30.0 Å². The molecule has 0 saturated heterocycles. The highest BCUT2D eigenvalue weighted by atomic mass is 16.5. The zero-order valence-electron chi connectivity index (χ0n) is 16.5. The molecule has 0 unspecified atom stereocenters. The molecule has 0 radical (unpaired) electrons. The van der Waals surface area contributed by atoms with E-state index >= 15 is 0 Å².